The molecule has 0 aliphatic carbocycles. The van der Waals surface area contributed by atoms with Crippen molar-refractivity contribution in [2.24, 2.45) is 0 Å². The van der Waals surface area contributed by atoms with Crippen molar-refractivity contribution >= 4 is 17.9 Å². The highest BCUT2D eigenvalue weighted by atomic mass is 16.6. The molecule has 1 atom stereocenters. The topological polar surface area (TPSA) is 78.9 Å². The minimum Gasteiger partial charge on any atom is -0.462 e. The standard InChI is InChI=1S/C58H96O6/c1-4-7-10-13-16-19-22-24-26-28-29-31-32-34-36-39-42-45-48-51-57(60)63-54-55(53-62-56(59)50-47-44-41-38-21-18-15-12-9-6-3)64-58(61)52-49-46-43-40-37-35-33-30-27-25-23-20-17-14-11-8-5-2/h8,11,14,16-17,19-20,22-25,27,30,33,35,37,55H,4-7,9-10,12-13,15,18,21,26,28-29,31-32,34,36,38-54H2,1-3H3/b11-8-,17-14-,19-16-,23-20-,24-22-,27-25-,33-30+,37-35-. The average molecular weight is 889 g/mol. The summed E-state index contributed by atoms with van der Waals surface area (Å²) >= 11 is 0. The minimum absolute atomic E-state index is 0.0962. The third kappa shape index (κ3) is 49.3. The molecule has 0 aliphatic rings. The molecule has 0 rings (SSSR count). The van der Waals surface area contributed by atoms with E-state index in [0.29, 0.717) is 19.3 Å². The van der Waals surface area contributed by atoms with Gasteiger partial charge in [-0.15, -0.1) is 0 Å². The van der Waals surface area contributed by atoms with Crippen LogP contribution in [0.3, 0.4) is 0 Å². The Hall–Kier alpha value is -3.67. The largest absolute Gasteiger partial charge is 0.462 e. The van der Waals surface area contributed by atoms with Crippen LogP contribution in [0.25, 0.3) is 0 Å². The fourth-order valence-electron chi connectivity index (χ4n) is 7.05. The summed E-state index contributed by atoms with van der Waals surface area (Å²) in [6.45, 7) is 6.41. The molecule has 1 unspecified atom stereocenters. The van der Waals surface area contributed by atoms with E-state index in [-0.39, 0.29) is 37.5 Å². The van der Waals surface area contributed by atoms with E-state index in [2.05, 4.69) is 57.2 Å². The predicted molar refractivity (Wildman–Crippen MR) is 274 cm³/mol. The molecule has 0 spiro atoms. The van der Waals surface area contributed by atoms with Gasteiger partial charge in [-0.2, -0.15) is 0 Å². The summed E-state index contributed by atoms with van der Waals surface area (Å²) in [5.41, 5.74) is 0. The Morgan fingerprint density at radius 1 is 0.328 bits per heavy atom. The monoisotopic (exact) mass is 889 g/mol. The zero-order chi connectivity index (χ0) is 46.5. The molecule has 0 aromatic heterocycles. The molecule has 0 saturated carbocycles. The van der Waals surface area contributed by atoms with Gasteiger partial charge in [0.2, 0.25) is 0 Å². The Balaban J connectivity index is 4.43. The third-order valence-corrected chi connectivity index (χ3v) is 11.0. The van der Waals surface area contributed by atoms with Crippen LogP contribution in [0.1, 0.15) is 233 Å². The predicted octanol–water partition coefficient (Wildman–Crippen LogP) is 17.4. The van der Waals surface area contributed by atoms with Crippen molar-refractivity contribution in [1.29, 1.82) is 0 Å². The molecule has 0 fully saturated rings. The number of unbranched alkanes of at least 4 members (excludes halogenated alkanes) is 25. The lowest BCUT2D eigenvalue weighted by Crippen LogP contribution is -2.30. The molecule has 364 valence electrons. The van der Waals surface area contributed by atoms with E-state index in [1.54, 1.807) is 0 Å². The van der Waals surface area contributed by atoms with E-state index >= 15 is 0 Å². The molecule has 0 saturated heterocycles. The van der Waals surface area contributed by atoms with Crippen LogP contribution in [0.2, 0.25) is 0 Å². The Kier molecular flexibility index (Phi) is 49.0. The molecule has 0 bridgehead atoms. The van der Waals surface area contributed by atoms with E-state index in [0.717, 1.165) is 64.2 Å². The van der Waals surface area contributed by atoms with E-state index in [1.165, 1.54) is 122 Å². The van der Waals surface area contributed by atoms with Crippen LogP contribution in [0.15, 0.2) is 97.2 Å². The van der Waals surface area contributed by atoms with Gasteiger partial charge < -0.3 is 14.2 Å². The summed E-state index contributed by atoms with van der Waals surface area (Å²) < 4.78 is 16.8. The normalized spacial score (nSPS) is 12.9. The Labute approximate surface area is 394 Å². The van der Waals surface area contributed by atoms with Crippen LogP contribution < -0.4 is 0 Å². The van der Waals surface area contributed by atoms with Gasteiger partial charge in [0, 0.05) is 19.3 Å². The molecule has 0 N–H and O–H groups in total. The van der Waals surface area contributed by atoms with E-state index < -0.39 is 6.10 Å². The molecule has 0 heterocycles. The van der Waals surface area contributed by atoms with Crippen LogP contribution in [-0.4, -0.2) is 37.2 Å². The number of carbonyl (C=O) groups is 3. The van der Waals surface area contributed by atoms with Gasteiger partial charge in [-0.3, -0.25) is 14.4 Å². The smallest absolute Gasteiger partial charge is 0.306 e. The molecule has 0 aliphatic heterocycles. The summed E-state index contributed by atoms with van der Waals surface area (Å²) in [5.74, 6) is -0.946. The SMILES string of the molecule is CC\C=C/C=C\C=C/C=C\C=C\C=C/CCCCCC(=O)OC(COC(=O)CCCCCCCCCCCC)COC(=O)CCCCCCCCCCCC/C=C\C=C/CCCCC. The number of esters is 3. The number of hydrogen-bond acceptors (Lipinski definition) is 6. The molecular weight excluding hydrogens is 793 g/mol. The van der Waals surface area contributed by atoms with Crippen molar-refractivity contribution in [3.8, 4) is 0 Å². The highest BCUT2D eigenvalue weighted by molar-refractivity contribution is 5.71. The third-order valence-electron chi connectivity index (χ3n) is 11.0. The lowest BCUT2D eigenvalue weighted by Gasteiger charge is -2.18. The van der Waals surface area contributed by atoms with Crippen LogP contribution >= 0.6 is 0 Å². The van der Waals surface area contributed by atoms with Gasteiger partial charge in [0.15, 0.2) is 6.10 Å². The van der Waals surface area contributed by atoms with Crippen molar-refractivity contribution in [3.05, 3.63) is 97.2 Å². The molecule has 0 amide bonds. The molecule has 0 aromatic carbocycles. The van der Waals surface area contributed by atoms with E-state index in [9.17, 15) is 14.4 Å². The zero-order valence-electron chi connectivity index (χ0n) is 41.5. The van der Waals surface area contributed by atoms with E-state index in [1.807, 2.05) is 60.8 Å². The summed E-state index contributed by atoms with van der Waals surface area (Å²) in [4.78, 5) is 38.0. The first-order chi connectivity index (χ1) is 31.5. The van der Waals surface area contributed by atoms with Gasteiger partial charge >= 0.3 is 17.9 Å². The molecule has 0 aromatic rings. The zero-order valence-corrected chi connectivity index (χ0v) is 41.5. The Morgan fingerprint density at radius 2 is 0.609 bits per heavy atom. The Morgan fingerprint density at radius 3 is 1.02 bits per heavy atom. The average Bonchev–Trinajstić information content (AvgIpc) is 3.29. The first-order valence-electron chi connectivity index (χ1n) is 26.3. The fraction of sp³-hybridized carbons (Fsp3) is 0.672. The maximum absolute atomic E-state index is 12.8. The highest BCUT2D eigenvalue weighted by Gasteiger charge is 2.19. The Bertz CT molecular complexity index is 1300. The number of ether oxygens (including phenoxy) is 3. The van der Waals surface area contributed by atoms with Gasteiger partial charge in [0.1, 0.15) is 13.2 Å². The summed E-state index contributed by atoms with van der Waals surface area (Å²) in [6.07, 6.45) is 68.2. The highest BCUT2D eigenvalue weighted by Crippen LogP contribution is 2.15. The quantitative estimate of drug-likeness (QED) is 0.0262. The van der Waals surface area contributed by atoms with Crippen molar-refractivity contribution in [3.63, 3.8) is 0 Å². The van der Waals surface area contributed by atoms with Crippen molar-refractivity contribution in [2.45, 2.75) is 239 Å². The van der Waals surface area contributed by atoms with Gasteiger partial charge in [-0.05, 0) is 64.2 Å². The molecule has 6 heteroatoms. The van der Waals surface area contributed by atoms with Crippen molar-refractivity contribution in [2.75, 3.05) is 13.2 Å². The van der Waals surface area contributed by atoms with Gasteiger partial charge in [-0.1, -0.05) is 246 Å². The summed E-state index contributed by atoms with van der Waals surface area (Å²) in [7, 11) is 0. The summed E-state index contributed by atoms with van der Waals surface area (Å²) in [6, 6.07) is 0. The molecule has 64 heavy (non-hydrogen) atoms. The van der Waals surface area contributed by atoms with Crippen LogP contribution in [0.4, 0.5) is 0 Å². The van der Waals surface area contributed by atoms with E-state index in [4.69, 9.17) is 14.2 Å². The molecular formula is C58H96O6. The lowest BCUT2D eigenvalue weighted by atomic mass is 10.1. The lowest BCUT2D eigenvalue weighted by molar-refractivity contribution is -0.167. The number of rotatable bonds is 46. The maximum Gasteiger partial charge on any atom is 0.306 e. The van der Waals surface area contributed by atoms with Crippen LogP contribution in [0.5, 0.6) is 0 Å². The number of hydrogen-bond donors (Lipinski definition) is 0. The second-order valence-electron chi connectivity index (χ2n) is 17.2. The van der Waals surface area contributed by atoms with Gasteiger partial charge in [0.05, 0.1) is 0 Å². The van der Waals surface area contributed by atoms with Crippen LogP contribution in [0, 0.1) is 0 Å². The van der Waals surface area contributed by atoms with Gasteiger partial charge in [0.25, 0.3) is 0 Å². The fourth-order valence-corrected chi connectivity index (χ4v) is 7.05. The number of allylic oxidation sites excluding steroid dienone is 16. The second kappa shape index (κ2) is 52.0. The van der Waals surface area contributed by atoms with Crippen molar-refractivity contribution < 1.29 is 28.6 Å². The summed E-state index contributed by atoms with van der Waals surface area (Å²) in [5, 5.41) is 0. The first kappa shape index (κ1) is 60.3. The minimum atomic E-state index is -0.800. The second-order valence-corrected chi connectivity index (χ2v) is 17.2. The molecule has 6 nitrogen and oxygen atoms in total. The van der Waals surface area contributed by atoms with Crippen LogP contribution in [-0.2, 0) is 28.6 Å². The van der Waals surface area contributed by atoms with Crippen molar-refractivity contribution in [1.82, 2.24) is 0 Å². The van der Waals surface area contributed by atoms with Gasteiger partial charge in [-0.25, -0.2) is 0 Å². The maximum atomic E-state index is 12.8. The molecule has 0 radical (unpaired) electrons. The number of carbonyl (C=O) groups excluding carboxylic acids is 3. The first-order valence-corrected chi connectivity index (χ1v) is 26.3.